The lowest BCUT2D eigenvalue weighted by molar-refractivity contribution is -0.137. The zero-order valence-corrected chi connectivity index (χ0v) is 19.3. The number of anilines is 1. The van der Waals surface area contributed by atoms with Gasteiger partial charge in [-0.25, -0.2) is 4.98 Å². The monoisotopic (exact) mass is 587 g/mol. The van der Waals surface area contributed by atoms with Crippen molar-refractivity contribution in [2.24, 2.45) is 0 Å². The number of carbonyl (C=O) groups excluding carboxylic acids is 1. The third-order valence-electron chi connectivity index (χ3n) is 3.52. The van der Waals surface area contributed by atoms with Gasteiger partial charge in [0.2, 0.25) is 0 Å². The van der Waals surface area contributed by atoms with Gasteiger partial charge < -0.3 is 5.11 Å². The van der Waals surface area contributed by atoms with Gasteiger partial charge in [0.1, 0.15) is 5.75 Å². The average Bonchev–Trinajstić information content (AvgIpc) is 2.87. The van der Waals surface area contributed by atoms with Crippen molar-refractivity contribution in [1.82, 2.24) is 9.99 Å². The van der Waals surface area contributed by atoms with Gasteiger partial charge in [-0.3, -0.25) is 10.2 Å². The predicted octanol–water partition coefficient (Wildman–Crippen LogP) is 6.21. The van der Waals surface area contributed by atoms with E-state index in [1.165, 1.54) is 6.08 Å². The highest BCUT2D eigenvalue weighted by Gasteiger charge is 2.35. The van der Waals surface area contributed by atoms with Crippen LogP contribution in [0.3, 0.4) is 0 Å². The molecular formula is C16H7Br2ClF3N3O2S2. The van der Waals surface area contributed by atoms with Crippen molar-refractivity contribution in [3.63, 3.8) is 0 Å². The average molecular weight is 590 g/mol. The van der Waals surface area contributed by atoms with Gasteiger partial charge in [-0.2, -0.15) is 18.2 Å². The number of hydrazine groups is 1. The number of aromatic hydroxyl groups is 1. The van der Waals surface area contributed by atoms with Crippen LogP contribution in [-0.2, 0) is 11.0 Å². The molecular weight excluding hydrogens is 583 g/mol. The van der Waals surface area contributed by atoms with Crippen molar-refractivity contribution in [3.8, 4) is 5.75 Å². The maximum absolute atomic E-state index is 12.7. The summed E-state index contributed by atoms with van der Waals surface area (Å²) in [6.07, 6.45) is -2.56. The van der Waals surface area contributed by atoms with Gasteiger partial charge in [0.25, 0.3) is 5.91 Å². The molecule has 1 aliphatic heterocycles. The summed E-state index contributed by atoms with van der Waals surface area (Å²) in [5.74, 6) is -0.808. The van der Waals surface area contributed by atoms with E-state index in [1.54, 1.807) is 12.1 Å². The number of aromatic nitrogens is 1. The van der Waals surface area contributed by atoms with Crippen molar-refractivity contribution in [2.75, 3.05) is 5.43 Å². The summed E-state index contributed by atoms with van der Waals surface area (Å²) in [4.78, 5) is 16.5. The van der Waals surface area contributed by atoms with Gasteiger partial charge in [0.15, 0.2) is 10.1 Å². The van der Waals surface area contributed by atoms with Crippen LogP contribution in [0.5, 0.6) is 5.75 Å². The van der Waals surface area contributed by atoms with Crippen LogP contribution in [0.4, 0.5) is 19.0 Å². The van der Waals surface area contributed by atoms with Crippen LogP contribution in [0.25, 0.3) is 6.08 Å². The van der Waals surface area contributed by atoms with Crippen LogP contribution in [0.1, 0.15) is 11.1 Å². The number of phenols is 1. The predicted molar refractivity (Wildman–Crippen MR) is 116 cm³/mol. The van der Waals surface area contributed by atoms with Crippen molar-refractivity contribution >= 4 is 89.6 Å². The molecule has 1 aromatic heterocycles. The Bertz CT molecular complexity index is 1070. The first kappa shape index (κ1) is 22.3. The van der Waals surface area contributed by atoms with Crippen LogP contribution >= 0.6 is 67.4 Å². The minimum absolute atomic E-state index is 0.0705. The minimum Gasteiger partial charge on any atom is -0.506 e. The van der Waals surface area contributed by atoms with Crippen LogP contribution in [0, 0.1) is 0 Å². The number of benzene rings is 1. The lowest BCUT2D eigenvalue weighted by Gasteiger charge is -2.17. The lowest BCUT2D eigenvalue weighted by atomic mass is 10.2. The molecule has 0 aliphatic carbocycles. The Morgan fingerprint density at radius 3 is 2.62 bits per heavy atom. The van der Waals surface area contributed by atoms with Crippen molar-refractivity contribution < 1.29 is 23.1 Å². The summed E-state index contributed by atoms with van der Waals surface area (Å²) in [7, 11) is 0. The van der Waals surface area contributed by atoms with E-state index in [0.717, 1.165) is 16.8 Å². The first-order chi connectivity index (χ1) is 13.5. The molecule has 0 radical (unpaired) electrons. The number of nitrogens with zero attached hydrogens (tertiary/aromatic N) is 2. The topological polar surface area (TPSA) is 65.5 Å². The normalized spacial score (nSPS) is 16.1. The molecule has 3 rings (SSSR count). The second kappa shape index (κ2) is 8.42. The summed E-state index contributed by atoms with van der Waals surface area (Å²) < 4.78 is 39.4. The molecule has 0 spiro atoms. The van der Waals surface area contributed by atoms with Gasteiger partial charge in [-0.15, -0.1) is 0 Å². The van der Waals surface area contributed by atoms with E-state index in [-0.39, 0.29) is 25.8 Å². The zero-order chi connectivity index (χ0) is 21.5. The number of amides is 1. The molecule has 5 nitrogen and oxygen atoms in total. The van der Waals surface area contributed by atoms with E-state index in [1.807, 2.05) is 0 Å². The summed E-state index contributed by atoms with van der Waals surface area (Å²) in [6.45, 7) is 0. The van der Waals surface area contributed by atoms with E-state index >= 15 is 0 Å². The molecule has 1 amide bonds. The highest BCUT2D eigenvalue weighted by Crippen LogP contribution is 2.38. The van der Waals surface area contributed by atoms with Crippen LogP contribution in [0.2, 0.25) is 5.02 Å². The number of halogens is 6. The van der Waals surface area contributed by atoms with Crippen molar-refractivity contribution in [2.45, 2.75) is 6.18 Å². The second-order valence-corrected chi connectivity index (χ2v) is 9.36. The Kier molecular flexibility index (Phi) is 6.49. The fourth-order valence-corrected chi connectivity index (χ4v) is 4.82. The molecule has 1 aromatic carbocycles. The summed E-state index contributed by atoms with van der Waals surface area (Å²) in [6, 6.07) is 3.94. The van der Waals surface area contributed by atoms with Gasteiger partial charge in [0, 0.05) is 16.2 Å². The zero-order valence-electron chi connectivity index (χ0n) is 13.7. The molecule has 0 saturated carbocycles. The highest BCUT2D eigenvalue weighted by molar-refractivity contribution is 9.11. The maximum atomic E-state index is 12.7. The number of nitrogens with one attached hydrogen (secondary N) is 1. The summed E-state index contributed by atoms with van der Waals surface area (Å²) in [5, 5.41) is 10.8. The van der Waals surface area contributed by atoms with Gasteiger partial charge in [-0.1, -0.05) is 39.3 Å². The third-order valence-corrected chi connectivity index (χ3v) is 6.18. The number of pyridine rings is 1. The van der Waals surface area contributed by atoms with E-state index in [9.17, 15) is 23.1 Å². The van der Waals surface area contributed by atoms with Crippen molar-refractivity contribution in [1.29, 1.82) is 0 Å². The number of phenolic OH excluding ortho intramolecular Hbond substituents is 1. The van der Waals surface area contributed by atoms with E-state index < -0.39 is 17.6 Å². The molecule has 1 aliphatic rings. The molecule has 0 unspecified atom stereocenters. The number of alkyl halides is 3. The van der Waals surface area contributed by atoms with E-state index in [0.29, 0.717) is 26.8 Å². The van der Waals surface area contributed by atoms with Gasteiger partial charge in [0.05, 0.1) is 20.0 Å². The highest BCUT2D eigenvalue weighted by atomic mass is 79.9. The van der Waals surface area contributed by atoms with E-state index in [4.69, 9.17) is 23.8 Å². The molecule has 1 saturated heterocycles. The van der Waals surface area contributed by atoms with Crippen LogP contribution < -0.4 is 5.43 Å². The number of rotatable bonds is 3. The number of thioether (sulfide) groups is 1. The molecule has 29 heavy (non-hydrogen) atoms. The molecule has 0 bridgehead atoms. The Labute approximate surface area is 193 Å². The number of hydrogen-bond acceptors (Lipinski definition) is 6. The molecule has 2 aromatic rings. The third kappa shape index (κ3) is 4.88. The maximum Gasteiger partial charge on any atom is 0.417 e. The lowest BCUT2D eigenvalue weighted by Crippen LogP contribution is -2.34. The van der Waals surface area contributed by atoms with Gasteiger partial charge >= 0.3 is 6.18 Å². The number of thiocarbonyl (C=S) groups is 1. The van der Waals surface area contributed by atoms with E-state index in [2.05, 4.69) is 42.3 Å². The Balaban J connectivity index is 1.87. The van der Waals surface area contributed by atoms with Crippen molar-refractivity contribution in [3.05, 3.63) is 54.4 Å². The van der Waals surface area contributed by atoms with Crippen LogP contribution in [0.15, 0.2) is 38.2 Å². The summed E-state index contributed by atoms with van der Waals surface area (Å²) >= 11 is 18.5. The standard InChI is InChI=1S/C16H7Br2ClF3N3O2S2/c17-8-1-6(12(26)9(18)4-8)2-11-14(27)25(15(28)29-11)24-13-10(19)3-7(5-23-13)16(20,21)22/h1-5,26H,(H,23,24)/b11-2-. The Hall–Kier alpha value is -1.34. The quantitative estimate of drug-likeness (QED) is 0.328. The molecule has 152 valence electrons. The largest absolute Gasteiger partial charge is 0.506 e. The number of carbonyl (C=O) groups is 1. The van der Waals surface area contributed by atoms with Gasteiger partial charge in [-0.05, 0) is 52.4 Å². The Morgan fingerprint density at radius 1 is 1.31 bits per heavy atom. The molecule has 2 N–H and O–H groups in total. The summed E-state index contributed by atoms with van der Waals surface area (Å²) in [5.41, 5.74) is 1.87. The second-order valence-electron chi connectivity index (χ2n) is 5.51. The first-order valence-electron chi connectivity index (χ1n) is 7.42. The molecule has 13 heteroatoms. The first-order valence-corrected chi connectivity index (χ1v) is 10.6. The SMILES string of the molecule is O=C1/C(=C/c2cc(Br)cc(Br)c2O)SC(=S)N1Nc1ncc(C(F)(F)F)cc1Cl. The Morgan fingerprint density at radius 2 is 2.00 bits per heavy atom. The molecule has 1 fully saturated rings. The smallest absolute Gasteiger partial charge is 0.417 e. The van der Waals surface area contributed by atoms with Crippen LogP contribution in [-0.4, -0.2) is 25.3 Å². The fourth-order valence-electron chi connectivity index (χ4n) is 2.18. The number of hydrogen-bond donors (Lipinski definition) is 2. The fraction of sp³-hybridized carbons (Fsp3) is 0.0625. The minimum atomic E-state index is -4.60. The molecule has 2 heterocycles. The molecule has 0 atom stereocenters.